The average Bonchev–Trinajstić information content (AvgIpc) is 2.62. The van der Waals surface area contributed by atoms with E-state index in [1.807, 2.05) is 13.8 Å². The third-order valence-electron chi connectivity index (χ3n) is 3.36. The van der Waals surface area contributed by atoms with Crippen molar-refractivity contribution < 1.29 is 23.8 Å². The Balaban J connectivity index is 2.13. The number of carbonyl (C=O) groups is 2. The van der Waals surface area contributed by atoms with Crippen molar-refractivity contribution in [2.24, 2.45) is 0 Å². The molecule has 0 aliphatic carbocycles. The molecule has 0 bridgehead atoms. The van der Waals surface area contributed by atoms with E-state index in [1.165, 1.54) is 14.2 Å². The summed E-state index contributed by atoms with van der Waals surface area (Å²) in [6, 6.07) is 11.8. The van der Waals surface area contributed by atoms with Gasteiger partial charge in [-0.3, -0.25) is 9.59 Å². The third-order valence-corrected chi connectivity index (χ3v) is 3.36. The van der Waals surface area contributed by atoms with Crippen molar-refractivity contribution in [2.45, 2.75) is 20.0 Å². The number of hydrogen-bond acceptors (Lipinski definition) is 5. The van der Waals surface area contributed by atoms with E-state index in [4.69, 9.17) is 14.2 Å². The second-order valence-electron chi connectivity index (χ2n) is 5.64. The number of nitrogens with one attached hydrogen (secondary N) is 2. The number of anilines is 2. The second-order valence-corrected chi connectivity index (χ2v) is 5.64. The fourth-order valence-corrected chi connectivity index (χ4v) is 2.20. The van der Waals surface area contributed by atoms with Crippen LogP contribution in [0, 0.1) is 0 Å². The van der Waals surface area contributed by atoms with Crippen LogP contribution in [-0.4, -0.2) is 32.1 Å². The van der Waals surface area contributed by atoms with E-state index in [-0.39, 0.29) is 6.10 Å². The van der Waals surface area contributed by atoms with Gasteiger partial charge in [0, 0.05) is 6.07 Å². The minimum absolute atomic E-state index is 0.0667. The maximum atomic E-state index is 12.3. The zero-order valence-corrected chi connectivity index (χ0v) is 15.2. The number of rotatable bonds is 6. The number of para-hydroxylation sites is 2. The molecule has 0 atom stereocenters. The molecule has 2 aromatic carbocycles. The molecule has 7 heteroatoms. The zero-order chi connectivity index (χ0) is 19.1. The van der Waals surface area contributed by atoms with E-state index in [1.54, 1.807) is 42.5 Å². The molecule has 2 amide bonds. The summed E-state index contributed by atoms with van der Waals surface area (Å²) < 4.78 is 15.9. The highest BCUT2D eigenvalue weighted by Crippen LogP contribution is 2.29. The average molecular weight is 358 g/mol. The van der Waals surface area contributed by atoms with Gasteiger partial charge >= 0.3 is 11.8 Å². The number of ether oxygens (including phenoxy) is 3. The van der Waals surface area contributed by atoms with Gasteiger partial charge in [0.05, 0.1) is 31.7 Å². The third kappa shape index (κ3) is 4.89. The number of hydrogen-bond donors (Lipinski definition) is 2. The van der Waals surface area contributed by atoms with Crippen molar-refractivity contribution in [3.05, 3.63) is 42.5 Å². The van der Waals surface area contributed by atoms with Crippen molar-refractivity contribution in [3.63, 3.8) is 0 Å². The lowest BCUT2D eigenvalue weighted by molar-refractivity contribution is -0.133. The Hall–Kier alpha value is -3.22. The van der Waals surface area contributed by atoms with Crippen LogP contribution in [0.4, 0.5) is 11.4 Å². The topological polar surface area (TPSA) is 85.9 Å². The molecular weight excluding hydrogens is 336 g/mol. The largest absolute Gasteiger partial charge is 0.497 e. The predicted molar refractivity (Wildman–Crippen MR) is 99.0 cm³/mol. The van der Waals surface area contributed by atoms with Crippen LogP contribution in [0.15, 0.2) is 42.5 Å². The molecule has 2 N–H and O–H groups in total. The first-order chi connectivity index (χ1) is 12.4. The lowest BCUT2D eigenvalue weighted by Crippen LogP contribution is -2.29. The molecule has 0 aromatic heterocycles. The van der Waals surface area contributed by atoms with Crippen LogP contribution < -0.4 is 24.8 Å². The first kappa shape index (κ1) is 19.1. The van der Waals surface area contributed by atoms with Crippen LogP contribution in [0.3, 0.4) is 0 Å². The van der Waals surface area contributed by atoms with E-state index in [0.29, 0.717) is 28.6 Å². The SMILES string of the molecule is COc1ccc(OC)c(NC(=O)C(=O)Nc2ccccc2OC(C)C)c1. The van der Waals surface area contributed by atoms with E-state index in [9.17, 15) is 9.59 Å². The van der Waals surface area contributed by atoms with Crippen LogP contribution in [0.2, 0.25) is 0 Å². The Kier molecular flexibility index (Phi) is 6.43. The Labute approximate surface area is 152 Å². The van der Waals surface area contributed by atoms with Gasteiger partial charge < -0.3 is 24.8 Å². The van der Waals surface area contributed by atoms with E-state index in [2.05, 4.69) is 10.6 Å². The maximum absolute atomic E-state index is 12.3. The van der Waals surface area contributed by atoms with Gasteiger partial charge in [-0.15, -0.1) is 0 Å². The van der Waals surface area contributed by atoms with Gasteiger partial charge in [0.2, 0.25) is 0 Å². The minimum Gasteiger partial charge on any atom is -0.497 e. The number of methoxy groups -OCH3 is 2. The van der Waals surface area contributed by atoms with Crippen LogP contribution in [0.5, 0.6) is 17.2 Å². The van der Waals surface area contributed by atoms with Crippen molar-refractivity contribution in [1.29, 1.82) is 0 Å². The molecule has 0 radical (unpaired) electrons. The van der Waals surface area contributed by atoms with Gasteiger partial charge in [-0.25, -0.2) is 0 Å². The summed E-state index contributed by atoms with van der Waals surface area (Å²) in [5.41, 5.74) is 0.748. The molecule has 0 aliphatic heterocycles. The maximum Gasteiger partial charge on any atom is 0.314 e. The van der Waals surface area contributed by atoms with Crippen molar-refractivity contribution >= 4 is 23.2 Å². The minimum atomic E-state index is -0.837. The van der Waals surface area contributed by atoms with Crippen LogP contribution >= 0.6 is 0 Å². The highest BCUT2D eigenvalue weighted by Gasteiger charge is 2.18. The van der Waals surface area contributed by atoms with Crippen LogP contribution in [-0.2, 0) is 9.59 Å². The summed E-state index contributed by atoms with van der Waals surface area (Å²) in [5, 5.41) is 5.07. The molecule has 0 spiro atoms. The second kappa shape index (κ2) is 8.75. The van der Waals surface area contributed by atoms with Gasteiger partial charge in [0.25, 0.3) is 0 Å². The van der Waals surface area contributed by atoms with Crippen molar-refractivity contribution in [3.8, 4) is 17.2 Å². The molecule has 0 saturated carbocycles. The van der Waals surface area contributed by atoms with Crippen LogP contribution in [0.1, 0.15) is 13.8 Å². The molecule has 0 fully saturated rings. The van der Waals surface area contributed by atoms with Crippen LogP contribution in [0.25, 0.3) is 0 Å². The molecule has 26 heavy (non-hydrogen) atoms. The monoisotopic (exact) mass is 358 g/mol. The number of benzene rings is 2. The summed E-state index contributed by atoms with van der Waals surface area (Å²) in [4.78, 5) is 24.5. The molecular formula is C19H22N2O5. The van der Waals surface area contributed by atoms with E-state index in [0.717, 1.165) is 0 Å². The molecule has 0 heterocycles. The highest BCUT2D eigenvalue weighted by atomic mass is 16.5. The fourth-order valence-electron chi connectivity index (χ4n) is 2.20. The summed E-state index contributed by atoms with van der Waals surface area (Å²) in [5.74, 6) is -0.235. The van der Waals surface area contributed by atoms with E-state index < -0.39 is 11.8 Å². The molecule has 0 aliphatic rings. The fraction of sp³-hybridized carbons (Fsp3) is 0.263. The molecule has 2 rings (SSSR count). The molecule has 0 saturated heterocycles. The van der Waals surface area contributed by atoms with Gasteiger partial charge in [-0.2, -0.15) is 0 Å². The Bertz CT molecular complexity index is 789. The lowest BCUT2D eigenvalue weighted by atomic mass is 10.2. The van der Waals surface area contributed by atoms with Gasteiger partial charge in [0.1, 0.15) is 17.2 Å². The normalized spacial score (nSPS) is 10.2. The number of amides is 2. The molecule has 7 nitrogen and oxygen atoms in total. The summed E-state index contributed by atoms with van der Waals surface area (Å²) in [6.07, 6.45) is -0.0667. The zero-order valence-electron chi connectivity index (χ0n) is 15.2. The van der Waals surface area contributed by atoms with Crippen molar-refractivity contribution in [2.75, 3.05) is 24.9 Å². The Morgan fingerprint density at radius 1 is 0.846 bits per heavy atom. The quantitative estimate of drug-likeness (QED) is 0.775. The first-order valence-electron chi connectivity index (χ1n) is 8.04. The van der Waals surface area contributed by atoms with E-state index >= 15 is 0 Å². The summed E-state index contributed by atoms with van der Waals surface area (Å²) in [6.45, 7) is 3.75. The highest BCUT2D eigenvalue weighted by molar-refractivity contribution is 6.44. The smallest absolute Gasteiger partial charge is 0.314 e. The summed E-state index contributed by atoms with van der Waals surface area (Å²) in [7, 11) is 2.98. The molecule has 2 aromatic rings. The lowest BCUT2D eigenvalue weighted by Gasteiger charge is -2.15. The Morgan fingerprint density at radius 2 is 1.50 bits per heavy atom. The van der Waals surface area contributed by atoms with Gasteiger partial charge in [-0.1, -0.05) is 12.1 Å². The van der Waals surface area contributed by atoms with Crippen molar-refractivity contribution in [1.82, 2.24) is 0 Å². The number of carbonyl (C=O) groups excluding carboxylic acids is 2. The standard InChI is InChI=1S/C19H22N2O5/c1-12(2)26-17-8-6-5-7-14(17)20-18(22)19(23)21-15-11-13(24-3)9-10-16(15)25-4/h5-12H,1-4H3,(H,20,22)(H,21,23). The predicted octanol–water partition coefficient (Wildman–Crippen LogP) is 3.07. The Morgan fingerprint density at radius 3 is 2.12 bits per heavy atom. The summed E-state index contributed by atoms with van der Waals surface area (Å²) >= 11 is 0. The molecule has 138 valence electrons. The van der Waals surface area contributed by atoms with Gasteiger partial charge in [-0.05, 0) is 38.1 Å². The van der Waals surface area contributed by atoms with Gasteiger partial charge in [0.15, 0.2) is 0 Å². The first-order valence-corrected chi connectivity index (χ1v) is 8.04. The molecule has 0 unspecified atom stereocenters.